The highest BCUT2D eigenvalue weighted by atomic mass is 16.3. The van der Waals surface area contributed by atoms with Gasteiger partial charge < -0.3 is 5.11 Å². The van der Waals surface area contributed by atoms with E-state index in [1.807, 2.05) is 6.92 Å². The van der Waals surface area contributed by atoms with Crippen LogP contribution in [0.5, 0.6) is 0 Å². The topological polar surface area (TPSA) is 66.4 Å². The van der Waals surface area contributed by atoms with E-state index >= 15 is 0 Å². The van der Waals surface area contributed by atoms with E-state index in [0.29, 0.717) is 18.4 Å². The van der Waals surface area contributed by atoms with Gasteiger partial charge in [-0.05, 0) is 18.8 Å². The predicted molar refractivity (Wildman–Crippen MR) is 46.7 cm³/mol. The van der Waals surface area contributed by atoms with Gasteiger partial charge in [-0.2, -0.15) is 0 Å². The minimum absolute atomic E-state index is 0.115. The fourth-order valence-corrected chi connectivity index (χ4v) is 1.30. The highest BCUT2D eigenvalue weighted by molar-refractivity contribution is 6.16. The van der Waals surface area contributed by atoms with Gasteiger partial charge in [-0.3, -0.25) is 14.9 Å². The fourth-order valence-electron chi connectivity index (χ4n) is 1.30. The maximum Gasteiger partial charge on any atom is 0.254 e. The van der Waals surface area contributed by atoms with Crippen LogP contribution < -0.4 is 5.32 Å². The SMILES string of the molecule is CC(CCO)CC1=CC(=O)NC1=O. The maximum atomic E-state index is 11.1. The maximum absolute atomic E-state index is 11.1. The molecule has 1 unspecified atom stereocenters. The Hall–Kier alpha value is -1.16. The molecule has 4 heteroatoms. The third-order valence-electron chi connectivity index (χ3n) is 2.02. The Morgan fingerprint density at radius 3 is 2.69 bits per heavy atom. The van der Waals surface area contributed by atoms with Crippen molar-refractivity contribution in [1.82, 2.24) is 5.32 Å². The van der Waals surface area contributed by atoms with Gasteiger partial charge in [-0.15, -0.1) is 0 Å². The number of hydrogen-bond acceptors (Lipinski definition) is 3. The third kappa shape index (κ3) is 2.66. The number of amides is 2. The number of aliphatic hydroxyl groups is 1. The van der Waals surface area contributed by atoms with E-state index in [4.69, 9.17) is 5.11 Å². The fraction of sp³-hybridized carbons (Fsp3) is 0.556. The molecule has 72 valence electrons. The number of hydrogen-bond donors (Lipinski definition) is 2. The van der Waals surface area contributed by atoms with Crippen LogP contribution in [-0.4, -0.2) is 23.5 Å². The van der Waals surface area contributed by atoms with Crippen LogP contribution in [-0.2, 0) is 9.59 Å². The molecule has 0 aromatic rings. The molecule has 0 aromatic heterocycles. The number of carbonyl (C=O) groups is 2. The molecule has 1 aliphatic heterocycles. The molecule has 0 saturated heterocycles. The lowest BCUT2D eigenvalue weighted by atomic mass is 9.99. The first kappa shape index (κ1) is 9.92. The molecule has 0 aliphatic carbocycles. The van der Waals surface area contributed by atoms with Gasteiger partial charge in [0.15, 0.2) is 0 Å². The van der Waals surface area contributed by atoms with Crippen molar-refractivity contribution in [1.29, 1.82) is 0 Å². The largest absolute Gasteiger partial charge is 0.396 e. The smallest absolute Gasteiger partial charge is 0.254 e. The number of imide groups is 1. The molecule has 0 fully saturated rings. The van der Waals surface area contributed by atoms with Crippen molar-refractivity contribution in [3.8, 4) is 0 Å². The van der Waals surface area contributed by atoms with Gasteiger partial charge >= 0.3 is 0 Å². The molecular formula is C9H13NO3. The Morgan fingerprint density at radius 2 is 2.23 bits per heavy atom. The van der Waals surface area contributed by atoms with Gasteiger partial charge in [0.05, 0.1) is 0 Å². The van der Waals surface area contributed by atoms with E-state index in [9.17, 15) is 9.59 Å². The van der Waals surface area contributed by atoms with Crippen LogP contribution in [0.3, 0.4) is 0 Å². The first-order valence-electron chi connectivity index (χ1n) is 4.30. The van der Waals surface area contributed by atoms with Gasteiger partial charge in [0.2, 0.25) is 0 Å². The average molecular weight is 183 g/mol. The summed E-state index contributed by atoms with van der Waals surface area (Å²) in [6.45, 7) is 2.05. The van der Waals surface area contributed by atoms with Crippen LogP contribution in [0.1, 0.15) is 19.8 Å². The van der Waals surface area contributed by atoms with E-state index in [2.05, 4.69) is 5.32 Å². The van der Waals surface area contributed by atoms with Crippen molar-refractivity contribution >= 4 is 11.8 Å². The number of rotatable bonds is 4. The molecule has 0 spiro atoms. The lowest BCUT2D eigenvalue weighted by molar-refractivity contribution is -0.123. The molecular weight excluding hydrogens is 170 g/mol. The van der Waals surface area contributed by atoms with Crippen molar-refractivity contribution in [2.24, 2.45) is 5.92 Å². The molecule has 1 aliphatic rings. The van der Waals surface area contributed by atoms with Crippen molar-refractivity contribution in [3.63, 3.8) is 0 Å². The average Bonchev–Trinajstić information content (AvgIpc) is 2.30. The Labute approximate surface area is 76.6 Å². The summed E-state index contributed by atoms with van der Waals surface area (Å²) in [5, 5.41) is 10.8. The Kier molecular flexibility index (Phi) is 3.19. The molecule has 0 aromatic carbocycles. The summed E-state index contributed by atoms with van der Waals surface area (Å²) in [6, 6.07) is 0. The summed E-state index contributed by atoms with van der Waals surface area (Å²) in [6.07, 6.45) is 2.53. The highest BCUT2D eigenvalue weighted by Gasteiger charge is 2.21. The van der Waals surface area contributed by atoms with Crippen LogP contribution in [0.15, 0.2) is 11.6 Å². The third-order valence-corrected chi connectivity index (χ3v) is 2.02. The van der Waals surface area contributed by atoms with E-state index in [1.165, 1.54) is 6.08 Å². The minimum Gasteiger partial charge on any atom is -0.396 e. The summed E-state index contributed by atoms with van der Waals surface area (Å²) >= 11 is 0. The molecule has 13 heavy (non-hydrogen) atoms. The van der Waals surface area contributed by atoms with Crippen LogP contribution in [0.2, 0.25) is 0 Å². The minimum atomic E-state index is -0.337. The van der Waals surface area contributed by atoms with Crippen LogP contribution in [0, 0.1) is 5.92 Å². The summed E-state index contributed by atoms with van der Waals surface area (Å²) in [4.78, 5) is 21.8. The predicted octanol–water partition coefficient (Wildman–Crippen LogP) is -0.0222. The Morgan fingerprint density at radius 1 is 1.54 bits per heavy atom. The van der Waals surface area contributed by atoms with Gasteiger partial charge in [-0.1, -0.05) is 6.92 Å². The summed E-state index contributed by atoms with van der Waals surface area (Å²) < 4.78 is 0. The van der Waals surface area contributed by atoms with E-state index in [0.717, 1.165) is 0 Å². The van der Waals surface area contributed by atoms with Crippen LogP contribution >= 0.6 is 0 Å². The molecule has 1 heterocycles. The second-order valence-electron chi connectivity index (χ2n) is 3.31. The zero-order valence-electron chi connectivity index (χ0n) is 7.54. The van der Waals surface area contributed by atoms with E-state index in [-0.39, 0.29) is 24.3 Å². The zero-order chi connectivity index (χ0) is 9.84. The standard InChI is InChI=1S/C9H13NO3/c1-6(2-3-11)4-7-5-8(12)10-9(7)13/h5-6,11H,2-4H2,1H3,(H,10,12,13). The van der Waals surface area contributed by atoms with Gasteiger partial charge in [0.25, 0.3) is 11.8 Å². The molecule has 0 saturated carbocycles. The number of aliphatic hydroxyl groups excluding tert-OH is 1. The van der Waals surface area contributed by atoms with Gasteiger partial charge in [-0.25, -0.2) is 0 Å². The highest BCUT2D eigenvalue weighted by Crippen LogP contribution is 2.16. The van der Waals surface area contributed by atoms with Crippen LogP contribution in [0.4, 0.5) is 0 Å². The molecule has 2 amide bonds. The molecule has 1 atom stereocenters. The van der Waals surface area contributed by atoms with E-state index < -0.39 is 0 Å². The van der Waals surface area contributed by atoms with Crippen molar-refractivity contribution in [2.75, 3.05) is 6.61 Å². The zero-order valence-corrected chi connectivity index (χ0v) is 7.54. The molecule has 2 N–H and O–H groups in total. The van der Waals surface area contributed by atoms with Crippen molar-refractivity contribution in [2.45, 2.75) is 19.8 Å². The Balaban J connectivity index is 2.49. The van der Waals surface area contributed by atoms with E-state index in [1.54, 1.807) is 0 Å². The Bertz CT molecular complexity index is 258. The number of carbonyl (C=O) groups excluding carboxylic acids is 2. The second-order valence-corrected chi connectivity index (χ2v) is 3.31. The number of nitrogens with one attached hydrogen (secondary N) is 1. The van der Waals surface area contributed by atoms with Crippen molar-refractivity contribution in [3.05, 3.63) is 11.6 Å². The quantitative estimate of drug-likeness (QED) is 0.602. The normalized spacial score (nSPS) is 18.5. The van der Waals surface area contributed by atoms with Crippen LogP contribution in [0.25, 0.3) is 0 Å². The van der Waals surface area contributed by atoms with Gasteiger partial charge in [0.1, 0.15) is 0 Å². The summed E-state index contributed by atoms with van der Waals surface area (Å²) in [7, 11) is 0. The lowest BCUT2D eigenvalue weighted by Crippen LogP contribution is -2.22. The summed E-state index contributed by atoms with van der Waals surface area (Å²) in [5.41, 5.74) is 0.519. The first-order valence-corrected chi connectivity index (χ1v) is 4.30. The molecule has 4 nitrogen and oxygen atoms in total. The molecule has 1 rings (SSSR count). The van der Waals surface area contributed by atoms with Crippen molar-refractivity contribution < 1.29 is 14.7 Å². The molecule has 0 bridgehead atoms. The monoisotopic (exact) mass is 183 g/mol. The second kappa shape index (κ2) is 4.18. The lowest BCUT2D eigenvalue weighted by Gasteiger charge is -2.07. The molecule has 0 radical (unpaired) electrons. The van der Waals surface area contributed by atoms with Gasteiger partial charge in [0, 0.05) is 18.3 Å². The first-order chi connectivity index (χ1) is 6.13. The summed E-state index contributed by atoms with van der Waals surface area (Å²) in [5.74, 6) is -0.404.